The van der Waals surface area contributed by atoms with E-state index in [2.05, 4.69) is 20.7 Å². The van der Waals surface area contributed by atoms with E-state index in [1.807, 2.05) is 0 Å². The SMILES string of the molecule is CCOC(=O)C(=O)c1cc(F)c(F)c(Br)c1F. The van der Waals surface area contributed by atoms with Gasteiger partial charge in [-0.3, -0.25) is 4.79 Å². The lowest BCUT2D eigenvalue weighted by Crippen LogP contribution is -2.19. The highest BCUT2D eigenvalue weighted by Crippen LogP contribution is 2.25. The number of carbonyl (C=O) groups excluding carboxylic acids is 2. The van der Waals surface area contributed by atoms with Crippen LogP contribution in [0.15, 0.2) is 10.5 Å². The van der Waals surface area contributed by atoms with Gasteiger partial charge in [0, 0.05) is 0 Å². The second-order valence-corrected chi connectivity index (χ2v) is 3.69. The molecule has 1 rings (SSSR count). The van der Waals surface area contributed by atoms with E-state index in [9.17, 15) is 22.8 Å². The van der Waals surface area contributed by atoms with Gasteiger partial charge < -0.3 is 4.74 Å². The predicted molar refractivity (Wildman–Crippen MR) is 55.0 cm³/mol. The molecule has 0 bridgehead atoms. The summed E-state index contributed by atoms with van der Waals surface area (Å²) in [6.07, 6.45) is 0. The zero-order chi connectivity index (χ0) is 13.2. The van der Waals surface area contributed by atoms with Gasteiger partial charge >= 0.3 is 5.97 Å². The lowest BCUT2D eigenvalue weighted by Gasteiger charge is -2.05. The highest BCUT2D eigenvalue weighted by molar-refractivity contribution is 9.10. The molecule has 0 unspecified atom stereocenters. The van der Waals surface area contributed by atoms with Gasteiger partial charge in [-0.05, 0) is 28.9 Å². The maximum absolute atomic E-state index is 13.4. The van der Waals surface area contributed by atoms with Crippen LogP contribution in [-0.4, -0.2) is 18.4 Å². The fraction of sp³-hybridized carbons (Fsp3) is 0.200. The molecule has 0 atom stereocenters. The number of Topliss-reactive ketones (excluding diaryl/α,β-unsaturated/α-hetero) is 1. The average Bonchev–Trinajstić information content (AvgIpc) is 2.30. The second-order valence-electron chi connectivity index (χ2n) is 2.90. The Bertz CT molecular complexity index is 488. The van der Waals surface area contributed by atoms with Crippen LogP contribution in [0.3, 0.4) is 0 Å². The Kier molecular flexibility index (Phi) is 4.28. The summed E-state index contributed by atoms with van der Waals surface area (Å²) < 4.78 is 42.8. The quantitative estimate of drug-likeness (QED) is 0.283. The molecule has 0 amide bonds. The van der Waals surface area contributed by atoms with Gasteiger partial charge in [0.1, 0.15) is 0 Å². The first-order valence-corrected chi connectivity index (χ1v) is 5.23. The maximum atomic E-state index is 13.4. The Morgan fingerprint density at radius 1 is 1.29 bits per heavy atom. The summed E-state index contributed by atoms with van der Waals surface area (Å²) in [6.45, 7) is 1.36. The summed E-state index contributed by atoms with van der Waals surface area (Å²) in [6, 6.07) is 0.314. The van der Waals surface area contributed by atoms with Gasteiger partial charge in [-0.25, -0.2) is 18.0 Å². The molecule has 0 radical (unpaired) electrons. The Hall–Kier alpha value is -1.37. The van der Waals surface area contributed by atoms with Crippen molar-refractivity contribution in [3.8, 4) is 0 Å². The monoisotopic (exact) mass is 310 g/mol. The highest BCUT2D eigenvalue weighted by atomic mass is 79.9. The van der Waals surface area contributed by atoms with E-state index in [-0.39, 0.29) is 6.61 Å². The molecule has 0 aliphatic rings. The van der Waals surface area contributed by atoms with Crippen LogP contribution in [0, 0.1) is 17.5 Å². The molecule has 0 fully saturated rings. The van der Waals surface area contributed by atoms with Gasteiger partial charge in [0.2, 0.25) is 0 Å². The third-order valence-electron chi connectivity index (χ3n) is 1.81. The number of hydrogen-bond donors (Lipinski definition) is 0. The molecule has 0 aromatic heterocycles. The summed E-state index contributed by atoms with van der Waals surface area (Å²) in [5, 5.41) is 0. The Balaban J connectivity index is 3.24. The van der Waals surface area contributed by atoms with Gasteiger partial charge in [0.15, 0.2) is 17.5 Å². The minimum absolute atomic E-state index is 0.0863. The maximum Gasteiger partial charge on any atom is 0.379 e. The molecule has 1 aromatic carbocycles. The van der Waals surface area contributed by atoms with Crippen LogP contribution in [-0.2, 0) is 9.53 Å². The third-order valence-corrected chi connectivity index (χ3v) is 2.50. The van der Waals surface area contributed by atoms with Crippen molar-refractivity contribution in [1.82, 2.24) is 0 Å². The van der Waals surface area contributed by atoms with Crippen LogP contribution in [0.2, 0.25) is 0 Å². The van der Waals surface area contributed by atoms with E-state index < -0.39 is 39.2 Å². The molecular weight excluding hydrogens is 305 g/mol. The number of ether oxygens (including phenoxy) is 1. The van der Waals surface area contributed by atoms with Crippen LogP contribution in [0.4, 0.5) is 13.2 Å². The van der Waals surface area contributed by atoms with Crippen molar-refractivity contribution in [1.29, 1.82) is 0 Å². The first-order chi connectivity index (χ1) is 7.90. The normalized spacial score (nSPS) is 10.2. The number of halogens is 4. The summed E-state index contributed by atoms with van der Waals surface area (Å²) >= 11 is 2.44. The molecule has 7 heteroatoms. The molecule has 0 saturated carbocycles. The average molecular weight is 311 g/mol. The Morgan fingerprint density at radius 3 is 2.41 bits per heavy atom. The van der Waals surface area contributed by atoms with E-state index in [1.165, 1.54) is 6.92 Å². The Labute approximate surface area is 103 Å². The molecule has 0 heterocycles. The molecule has 0 N–H and O–H groups in total. The molecule has 0 aliphatic carbocycles. The predicted octanol–water partition coefficient (Wildman–Crippen LogP) is 2.61. The topological polar surface area (TPSA) is 43.4 Å². The zero-order valence-electron chi connectivity index (χ0n) is 8.52. The number of esters is 1. The first kappa shape index (κ1) is 13.7. The van der Waals surface area contributed by atoms with Crippen molar-refractivity contribution in [2.75, 3.05) is 6.61 Å². The highest BCUT2D eigenvalue weighted by Gasteiger charge is 2.26. The molecule has 1 aromatic rings. The van der Waals surface area contributed by atoms with E-state index >= 15 is 0 Å². The van der Waals surface area contributed by atoms with Gasteiger partial charge in [-0.15, -0.1) is 0 Å². The smallest absolute Gasteiger partial charge is 0.379 e. The summed E-state index contributed by atoms with van der Waals surface area (Å²) in [5.74, 6) is -6.95. The molecular formula is C10H6BrF3O3. The van der Waals surface area contributed by atoms with Crippen LogP contribution < -0.4 is 0 Å². The number of carbonyl (C=O) groups is 2. The van der Waals surface area contributed by atoms with Crippen LogP contribution >= 0.6 is 15.9 Å². The minimum Gasteiger partial charge on any atom is -0.460 e. The van der Waals surface area contributed by atoms with E-state index in [1.54, 1.807) is 0 Å². The Morgan fingerprint density at radius 2 is 1.88 bits per heavy atom. The van der Waals surface area contributed by atoms with Crippen molar-refractivity contribution < 1.29 is 27.5 Å². The van der Waals surface area contributed by atoms with E-state index in [4.69, 9.17) is 0 Å². The largest absolute Gasteiger partial charge is 0.460 e. The molecule has 3 nitrogen and oxygen atoms in total. The van der Waals surface area contributed by atoms with Crippen molar-refractivity contribution in [3.05, 3.63) is 33.6 Å². The minimum atomic E-state index is -1.47. The van der Waals surface area contributed by atoms with Gasteiger partial charge in [-0.2, -0.15) is 0 Å². The van der Waals surface area contributed by atoms with E-state index in [0.29, 0.717) is 6.07 Å². The number of ketones is 1. The molecule has 0 aliphatic heterocycles. The van der Waals surface area contributed by atoms with Crippen LogP contribution in [0.5, 0.6) is 0 Å². The molecule has 0 spiro atoms. The van der Waals surface area contributed by atoms with Crippen molar-refractivity contribution in [3.63, 3.8) is 0 Å². The summed E-state index contributed by atoms with van der Waals surface area (Å²) in [4.78, 5) is 22.4. The lowest BCUT2D eigenvalue weighted by molar-refractivity contribution is -0.137. The fourth-order valence-electron chi connectivity index (χ4n) is 1.04. The summed E-state index contributed by atoms with van der Waals surface area (Å²) in [7, 11) is 0. The van der Waals surface area contributed by atoms with Crippen LogP contribution in [0.25, 0.3) is 0 Å². The third kappa shape index (κ3) is 2.66. The van der Waals surface area contributed by atoms with Crippen molar-refractivity contribution >= 4 is 27.7 Å². The molecule has 92 valence electrons. The number of rotatable bonds is 3. The summed E-state index contributed by atoms with van der Waals surface area (Å²) in [5.41, 5.74) is -0.880. The van der Waals surface area contributed by atoms with E-state index in [0.717, 1.165) is 0 Å². The van der Waals surface area contributed by atoms with Gasteiger partial charge in [0.25, 0.3) is 5.78 Å². The second kappa shape index (κ2) is 5.31. The van der Waals surface area contributed by atoms with Crippen LogP contribution in [0.1, 0.15) is 17.3 Å². The number of benzene rings is 1. The fourth-order valence-corrected chi connectivity index (χ4v) is 1.45. The molecule has 0 saturated heterocycles. The van der Waals surface area contributed by atoms with Gasteiger partial charge in [0.05, 0.1) is 16.6 Å². The zero-order valence-corrected chi connectivity index (χ0v) is 10.1. The molecule has 17 heavy (non-hydrogen) atoms. The standard InChI is InChI=1S/C10H6BrF3O3/c1-2-17-10(16)9(15)4-3-5(12)8(14)6(11)7(4)13/h3H,2H2,1H3. The van der Waals surface area contributed by atoms with Crippen molar-refractivity contribution in [2.45, 2.75) is 6.92 Å². The first-order valence-electron chi connectivity index (χ1n) is 4.44. The van der Waals surface area contributed by atoms with Gasteiger partial charge in [-0.1, -0.05) is 0 Å². The number of hydrogen-bond acceptors (Lipinski definition) is 3. The lowest BCUT2D eigenvalue weighted by atomic mass is 10.1. The van der Waals surface area contributed by atoms with Crippen molar-refractivity contribution in [2.24, 2.45) is 0 Å².